The molecule has 0 aliphatic carbocycles. The number of para-hydroxylation sites is 2. The van der Waals surface area contributed by atoms with Gasteiger partial charge in [0.05, 0.1) is 16.7 Å². The molecular formula is C50H40N2. The van der Waals surface area contributed by atoms with Crippen molar-refractivity contribution in [2.75, 3.05) is 0 Å². The van der Waals surface area contributed by atoms with Gasteiger partial charge < -0.3 is 9.13 Å². The number of allylic oxidation sites excluding steroid dienone is 5. The van der Waals surface area contributed by atoms with E-state index in [1.54, 1.807) is 0 Å². The molecule has 0 amide bonds. The van der Waals surface area contributed by atoms with Crippen molar-refractivity contribution < 1.29 is 0 Å². The Morgan fingerprint density at radius 2 is 1.29 bits per heavy atom. The zero-order valence-electron chi connectivity index (χ0n) is 29.8. The van der Waals surface area contributed by atoms with Crippen molar-refractivity contribution >= 4 is 33.0 Å². The van der Waals surface area contributed by atoms with Gasteiger partial charge in [-0.2, -0.15) is 0 Å². The summed E-state index contributed by atoms with van der Waals surface area (Å²) in [5.74, 6) is 0. The molecule has 250 valence electrons. The predicted octanol–water partition coefficient (Wildman–Crippen LogP) is 13.2. The molecule has 0 atom stereocenters. The van der Waals surface area contributed by atoms with E-state index in [0.29, 0.717) is 0 Å². The predicted molar refractivity (Wildman–Crippen MR) is 221 cm³/mol. The third-order valence-corrected chi connectivity index (χ3v) is 10.7. The molecule has 8 aromatic rings. The highest BCUT2D eigenvalue weighted by atomic mass is 15.1. The standard InChI is InChI=1S/C50H40N2/c1-5-17-37(35-18-8-6-9-19-35)28-34(2)40-30-41(39-23-16-22-38(29-39)36-20-10-7-11-21-36)32-42(31-40)52-46-26-14-12-24-43(46)44-33-51-47-27-15-13-25-45(47)50(3,4)49(51)48(44)52/h5-33H,2H2,1,3-4H3/b17-5-,37-28+. The summed E-state index contributed by atoms with van der Waals surface area (Å²) >= 11 is 0. The fourth-order valence-corrected chi connectivity index (χ4v) is 8.24. The maximum Gasteiger partial charge on any atom is 0.0763 e. The lowest BCUT2D eigenvalue weighted by Gasteiger charge is -2.21. The molecule has 2 nitrogen and oxygen atoms in total. The summed E-state index contributed by atoms with van der Waals surface area (Å²) in [6.45, 7) is 11.5. The monoisotopic (exact) mass is 668 g/mol. The molecule has 2 aromatic heterocycles. The number of fused-ring (bicyclic) bond motifs is 7. The highest BCUT2D eigenvalue weighted by molar-refractivity contribution is 6.11. The molecule has 0 saturated carbocycles. The summed E-state index contributed by atoms with van der Waals surface area (Å²) in [6, 6.07) is 54.8. The second-order valence-electron chi connectivity index (χ2n) is 14.3. The van der Waals surface area contributed by atoms with Crippen molar-refractivity contribution in [1.82, 2.24) is 9.13 Å². The van der Waals surface area contributed by atoms with E-state index in [1.807, 2.05) is 0 Å². The number of aromatic nitrogens is 2. The lowest BCUT2D eigenvalue weighted by molar-refractivity contribution is 0.646. The average Bonchev–Trinajstić information content (AvgIpc) is 3.80. The van der Waals surface area contributed by atoms with Crippen molar-refractivity contribution in [3.63, 3.8) is 0 Å². The highest BCUT2D eigenvalue weighted by Crippen LogP contribution is 2.49. The maximum atomic E-state index is 4.69. The Labute approximate surface area is 305 Å². The number of hydrogen-bond donors (Lipinski definition) is 0. The lowest BCUT2D eigenvalue weighted by atomic mass is 9.83. The second-order valence-corrected chi connectivity index (χ2v) is 14.3. The summed E-state index contributed by atoms with van der Waals surface area (Å²) in [6.07, 6.45) is 8.84. The molecule has 0 spiro atoms. The molecule has 9 rings (SSSR count). The van der Waals surface area contributed by atoms with Crippen molar-refractivity contribution in [2.24, 2.45) is 0 Å². The Balaban J connectivity index is 1.31. The smallest absolute Gasteiger partial charge is 0.0763 e. The van der Waals surface area contributed by atoms with E-state index in [-0.39, 0.29) is 5.41 Å². The van der Waals surface area contributed by atoms with Crippen LogP contribution in [0.15, 0.2) is 183 Å². The molecule has 2 heteroatoms. The van der Waals surface area contributed by atoms with Gasteiger partial charge in [-0.3, -0.25) is 0 Å². The average molecular weight is 669 g/mol. The molecule has 0 fully saturated rings. The molecule has 0 unspecified atom stereocenters. The van der Waals surface area contributed by atoms with Crippen LogP contribution in [0, 0.1) is 0 Å². The molecule has 6 aromatic carbocycles. The molecule has 0 saturated heterocycles. The van der Waals surface area contributed by atoms with Gasteiger partial charge in [-0.25, -0.2) is 0 Å². The van der Waals surface area contributed by atoms with Gasteiger partial charge >= 0.3 is 0 Å². The van der Waals surface area contributed by atoms with Crippen LogP contribution in [0.25, 0.3) is 66.6 Å². The van der Waals surface area contributed by atoms with E-state index in [1.165, 1.54) is 55.4 Å². The van der Waals surface area contributed by atoms with Gasteiger partial charge in [-0.1, -0.05) is 148 Å². The van der Waals surface area contributed by atoms with Crippen LogP contribution < -0.4 is 0 Å². The molecule has 0 N–H and O–H groups in total. The van der Waals surface area contributed by atoms with Crippen LogP contribution >= 0.6 is 0 Å². The number of rotatable bonds is 7. The van der Waals surface area contributed by atoms with E-state index in [9.17, 15) is 0 Å². The van der Waals surface area contributed by atoms with Crippen molar-refractivity contribution in [1.29, 1.82) is 0 Å². The Morgan fingerprint density at radius 3 is 2.08 bits per heavy atom. The zero-order chi connectivity index (χ0) is 35.4. The third-order valence-electron chi connectivity index (χ3n) is 10.7. The second kappa shape index (κ2) is 12.4. The van der Waals surface area contributed by atoms with Crippen molar-refractivity contribution in [3.05, 3.63) is 205 Å². The Bertz CT molecular complexity index is 2710. The Kier molecular flexibility index (Phi) is 7.56. The Hall–Kier alpha value is -6.38. The van der Waals surface area contributed by atoms with Crippen LogP contribution in [0.3, 0.4) is 0 Å². The van der Waals surface area contributed by atoms with Crippen molar-refractivity contribution in [3.8, 4) is 33.6 Å². The number of benzene rings is 6. The van der Waals surface area contributed by atoms with E-state index in [0.717, 1.165) is 33.5 Å². The molecule has 0 radical (unpaired) electrons. The molecule has 3 heterocycles. The first-order chi connectivity index (χ1) is 25.4. The number of hydrogen-bond acceptors (Lipinski definition) is 0. The summed E-state index contributed by atoms with van der Waals surface area (Å²) < 4.78 is 4.93. The summed E-state index contributed by atoms with van der Waals surface area (Å²) in [7, 11) is 0. The van der Waals surface area contributed by atoms with E-state index in [4.69, 9.17) is 6.58 Å². The lowest BCUT2D eigenvalue weighted by Crippen LogP contribution is -2.16. The first-order valence-corrected chi connectivity index (χ1v) is 18.1. The Morgan fingerprint density at radius 1 is 0.615 bits per heavy atom. The maximum absolute atomic E-state index is 4.69. The van der Waals surface area contributed by atoms with Crippen LogP contribution in [-0.2, 0) is 5.41 Å². The topological polar surface area (TPSA) is 9.86 Å². The fourth-order valence-electron chi connectivity index (χ4n) is 8.24. The van der Waals surface area contributed by atoms with E-state index < -0.39 is 0 Å². The van der Waals surface area contributed by atoms with Gasteiger partial charge in [-0.05, 0) is 99.5 Å². The van der Waals surface area contributed by atoms with Crippen LogP contribution in [0.4, 0.5) is 0 Å². The van der Waals surface area contributed by atoms with E-state index in [2.05, 4.69) is 206 Å². The minimum absolute atomic E-state index is 0.182. The normalized spacial score (nSPS) is 13.6. The molecular weight excluding hydrogens is 629 g/mol. The largest absolute Gasteiger partial charge is 0.317 e. The van der Waals surface area contributed by atoms with E-state index >= 15 is 0 Å². The summed E-state index contributed by atoms with van der Waals surface area (Å²) in [5, 5.41) is 2.52. The first kappa shape index (κ1) is 31.6. The van der Waals surface area contributed by atoms with Gasteiger partial charge in [0.15, 0.2) is 0 Å². The third kappa shape index (κ3) is 5.10. The molecule has 52 heavy (non-hydrogen) atoms. The van der Waals surface area contributed by atoms with Crippen molar-refractivity contribution in [2.45, 2.75) is 26.2 Å². The minimum Gasteiger partial charge on any atom is -0.317 e. The van der Waals surface area contributed by atoms with Gasteiger partial charge in [-0.15, -0.1) is 0 Å². The molecule has 0 bridgehead atoms. The fraction of sp³-hybridized carbons (Fsp3) is 0.0800. The minimum atomic E-state index is -0.182. The summed E-state index contributed by atoms with van der Waals surface area (Å²) in [4.78, 5) is 0. The highest BCUT2D eigenvalue weighted by Gasteiger charge is 2.39. The van der Waals surface area contributed by atoms with Crippen LogP contribution in [0.5, 0.6) is 0 Å². The van der Waals surface area contributed by atoms with Gasteiger partial charge in [0.25, 0.3) is 0 Å². The van der Waals surface area contributed by atoms with Gasteiger partial charge in [0.1, 0.15) is 0 Å². The summed E-state index contributed by atoms with van der Waals surface area (Å²) in [5.41, 5.74) is 16.4. The van der Waals surface area contributed by atoms with Crippen LogP contribution in [-0.4, -0.2) is 9.13 Å². The molecule has 1 aliphatic rings. The number of nitrogens with zero attached hydrogens (tertiary/aromatic N) is 2. The quantitative estimate of drug-likeness (QED) is 0.150. The van der Waals surface area contributed by atoms with Crippen LogP contribution in [0.1, 0.15) is 43.2 Å². The van der Waals surface area contributed by atoms with Crippen LogP contribution in [0.2, 0.25) is 0 Å². The van der Waals surface area contributed by atoms with Gasteiger partial charge in [0, 0.05) is 33.8 Å². The van der Waals surface area contributed by atoms with Gasteiger partial charge in [0.2, 0.25) is 0 Å². The first-order valence-electron chi connectivity index (χ1n) is 18.1. The zero-order valence-corrected chi connectivity index (χ0v) is 29.8. The SMILES string of the molecule is C=C(/C=C(\C=C/C)c1ccccc1)c1cc(-c2cccc(-c3ccccc3)c2)cc(-n2c3ccccc3c3cn4c(c32)C(C)(C)c2ccccc2-4)c1. The molecule has 1 aliphatic heterocycles.